The molecule has 3 heterocycles. The third-order valence-electron chi connectivity index (χ3n) is 4.66. The fourth-order valence-corrected chi connectivity index (χ4v) is 5.08. The number of thiazole rings is 1. The second-order valence-corrected chi connectivity index (χ2v) is 8.14. The standard InChI is InChI=1S/C17H19BrN4OS/c1-2-13-19-17-22(20-13)16(23)15(24-17)14(21-8-3-4-9-21)11-6-5-7-12(18)10-11/h5-7,10,14,23H,2-4,8-9H2,1H3/p+1/t14-/m0/s1. The minimum absolute atomic E-state index is 0.128. The van der Waals surface area contributed by atoms with Gasteiger partial charge in [0, 0.05) is 29.3 Å². The molecule has 1 aromatic carbocycles. The summed E-state index contributed by atoms with van der Waals surface area (Å²) in [5.74, 6) is 1.02. The molecule has 1 aliphatic heterocycles. The van der Waals surface area contributed by atoms with Crippen LogP contribution in [0.3, 0.4) is 0 Å². The van der Waals surface area contributed by atoms with E-state index in [9.17, 15) is 5.11 Å². The Labute approximate surface area is 153 Å². The van der Waals surface area contributed by atoms with Crippen LogP contribution in [0.4, 0.5) is 0 Å². The molecule has 3 aromatic rings. The Bertz CT molecular complexity index is 869. The number of hydrogen-bond donors (Lipinski definition) is 2. The molecule has 1 aliphatic rings. The largest absolute Gasteiger partial charge is 0.492 e. The van der Waals surface area contributed by atoms with E-state index in [2.05, 4.69) is 44.2 Å². The molecule has 24 heavy (non-hydrogen) atoms. The van der Waals surface area contributed by atoms with Gasteiger partial charge in [-0.2, -0.15) is 4.52 Å². The molecule has 5 nitrogen and oxygen atoms in total. The summed E-state index contributed by atoms with van der Waals surface area (Å²) in [5, 5.41) is 15.2. The normalized spacial score (nSPS) is 16.9. The lowest BCUT2D eigenvalue weighted by molar-refractivity contribution is -0.913. The first-order valence-electron chi connectivity index (χ1n) is 8.34. The zero-order valence-corrected chi connectivity index (χ0v) is 15.9. The minimum atomic E-state index is 0.128. The molecule has 7 heteroatoms. The van der Waals surface area contributed by atoms with E-state index in [0.717, 1.165) is 39.6 Å². The molecule has 126 valence electrons. The van der Waals surface area contributed by atoms with Crippen LogP contribution in [-0.2, 0) is 6.42 Å². The number of aromatic nitrogens is 3. The van der Waals surface area contributed by atoms with Crippen molar-refractivity contribution in [2.75, 3.05) is 13.1 Å². The molecule has 0 saturated carbocycles. The maximum atomic E-state index is 10.8. The molecule has 2 N–H and O–H groups in total. The van der Waals surface area contributed by atoms with Gasteiger partial charge in [-0.15, -0.1) is 5.10 Å². The monoisotopic (exact) mass is 407 g/mol. The molecule has 0 aliphatic carbocycles. The van der Waals surface area contributed by atoms with Crippen LogP contribution < -0.4 is 4.90 Å². The number of nitrogens with zero attached hydrogens (tertiary/aromatic N) is 3. The lowest BCUT2D eigenvalue weighted by Crippen LogP contribution is -3.10. The van der Waals surface area contributed by atoms with Gasteiger partial charge < -0.3 is 10.0 Å². The highest BCUT2D eigenvalue weighted by Crippen LogP contribution is 2.35. The maximum absolute atomic E-state index is 10.8. The van der Waals surface area contributed by atoms with Crippen LogP contribution in [0.25, 0.3) is 4.96 Å². The van der Waals surface area contributed by atoms with Gasteiger partial charge in [-0.05, 0) is 12.1 Å². The number of benzene rings is 1. The third kappa shape index (κ3) is 2.74. The summed E-state index contributed by atoms with van der Waals surface area (Å²) in [7, 11) is 0. The summed E-state index contributed by atoms with van der Waals surface area (Å²) in [6.07, 6.45) is 3.25. The highest BCUT2D eigenvalue weighted by atomic mass is 79.9. The van der Waals surface area contributed by atoms with E-state index < -0.39 is 0 Å². The number of halogens is 1. The number of aryl methyl sites for hydroxylation is 1. The maximum Gasteiger partial charge on any atom is 0.235 e. The molecule has 2 aromatic heterocycles. The molecule has 0 spiro atoms. The highest BCUT2D eigenvalue weighted by Gasteiger charge is 2.34. The Morgan fingerprint density at radius 3 is 2.83 bits per heavy atom. The summed E-state index contributed by atoms with van der Waals surface area (Å²) in [5.41, 5.74) is 1.22. The van der Waals surface area contributed by atoms with Crippen molar-refractivity contribution in [2.24, 2.45) is 0 Å². The molecule has 0 amide bonds. The molecule has 1 atom stereocenters. The van der Waals surface area contributed by atoms with Crippen LogP contribution in [-0.4, -0.2) is 32.8 Å². The van der Waals surface area contributed by atoms with Gasteiger partial charge in [0.05, 0.1) is 13.1 Å². The van der Waals surface area contributed by atoms with E-state index >= 15 is 0 Å². The Kier molecular flexibility index (Phi) is 4.32. The Hall–Kier alpha value is -1.44. The minimum Gasteiger partial charge on any atom is -0.492 e. The van der Waals surface area contributed by atoms with Crippen molar-refractivity contribution in [3.8, 4) is 5.88 Å². The predicted molar refractivity (Wildman–Crippen MR) is 97.8 cm³/mol. The second-order valence-electron chi connectivity index (χ2n) is 6.22. The third-order valence-corrected chi connectivity index (χ3v) is 6.24. The molecule has 0 bridgehead atoms. The zero-order chi connectivity index (χ0) is 16.7. The topological polar surface area (TPSA) is 54.9 Å². The highest BCUT2D eigenvalue weighted by molar-refractivity contribution is 9.10. The number of aromatic hydroxyl groups is 1. The summed E-state index contributed by atoms with van der Waals surface area (Å²) in [6, 6.07) is 8.53. The van der Waals surface area contributed by atoms with Gasteiger partial charge in [0.15, 0.2) is 11.9 Å². The first-order chi connectivity index (χ1) is 11.7. The van der Waals surface area contributed by atoms with E-state index in [4.69, 9.17) is 0 Å². The number of rotatable bonds is 4. The van der Waals surface area contributed by atoms with Gasteiger partial charge in [-0.25, -0.2) is 4.98 Å². The number of nitrogens with one attached hydrogen (secondary N) is 1. The van der Waals surface area contributed by atoms with E-state index in [1.165, 1.54) is 23.3 Å². The summed E-state index contributed by atoms with van der Waals surface area (Å²) in [4.78, 5) is 7.76. The van der Waals surface area contributed by atoms with E-state index in [0.29, 0.717) is 0 Å². The molecular formula is C17H20BrN4OS+. The van der Waals surface area contributed by atoms with Crippen LogP contribution in [0, 0.1) is 0 Å². The van der Waals surface area contributed by atoms with Crippen molar-refractivity contribution in [3.63, 3.8) is 0 Å². The Morgan fingerprint density at radius 2 is 2.17 bits per heavy atom. The lowest BCUT2D eigenvalue weighted by atomic mass is 10.0. The van der Waals surface area contributed by atoms with Crippen molar-refractivity contribution in [3.05, 3.63) is 45.0 Å². The van der Waals surface area contributed by atoms with Crippen molar-refractivity contribution in [1.29, 1.82) is 0 Å². The average Bonchev–Trinajstić information content (AvgIpc) is 3.28. The van der Waals surface area contributed by atoms with Crippen LogP contribution in [0.5, 0.6) is 5.88 Å². The molecule has 1 saturated heterocycles. The van der Waals surface area contributed by atoms with E-state index in [1.54, 1.807) is 15.9 Å². The van der Waals surface area contributed by atoms with Crippen molar-refractivity contribution in [2.45, 2.75) is 32.2 Å². The van der Waals surface area contributed by atoms with E-state index in [1.807, 2.05) is 13.0 Å². The zero-order valence-electron chi connectivity index (χ0n) is 13.5. The van der Waals surface area contributed by atoms with Crippen LogP contribution >= 0.6 is 27.3 Å². The van der Waals surface area contributed by atoms with Crippen molar-refractivity contribution in [1.82, 2.24) is 14.6 Å². The molecule has 4 rings (SSSR count). The molecular weight excluding hydrogens is 388 g/mol. The fourth-order valence-electron chi connectivity index (χ4n) is 3.50. The quantitative estimate of drug-likeness (QED) is 0.698. The Morgan fingerprint density at radius 1 is 1.38 bits per heavy atom. The van der Waals surface area contributed by atoms with Gasteiger partial charge >= 0.3 is 0 Å². The predicted octanol–water partition coefficient (Wildman–Crippen LogP) is 2.59. The van der Waals surface area contributed by atoms with Crippen LogP contribution in [0.2, 0.25) is 0 Å². The Balaban J connectivity index is 1.83. The SMILES string of the molecule is CCc1nc2sc([C@H](c3cccc(Br)c3)[NH+]3CCCC3)c(O)n2n1. The van der Waals surface area contributed by atoms with Crippen molar-refractivity contribution >= 4 is 32.2 Å². The average molecular weight is 408 g/mol. The number of hydrogen-bond acceptors (Lipinski definition) is 4. The summed E-state index contributed by atoms with van der Waals surface area (Å²) >= 11 is 5.14. The first kappa shape index (κ1) is 16.1. The second kappa shape index (κ2) is 6.46. The first-order valence-corrected chi connectivity index (χ1v) is 9.95. The molecule has 1 fully saturated rings. The fraction of sp³-hybridized carbons (Fsp3) is 0.412. The van der Waals surface area contributed by atoms with Gasteiger partial charge in [0.25, 0.3) is 0 Å². The number of likely N-dealkylation sites (tertiary alicyclic amines) is 1. The number of fused-ring (bicyclic) bond motifs is 1. The van der Waals surface area contributed by atoms with Gasteiger partial charge in [-0.3, -0.25) is 0 Å². The summed E-state index contributed by atoms with van der Waals surface area (Å²) in [6.45, 7) is 4.28. The van der Waals surface area contributed by atoms with Gasteiger partial charge in [-0.1, -0.05) is 46.3 Å². The van der Waals surface area contributed by atoms with Gasteiger partial charge in [0.2, 0.25) is 10.8 Å². The molecule has 0 unspecified atom stereocenters. The van der Waals surface area contributed by atoms with Crippen LogP contribution in [0.1, 0.15) is 42.1 Å². The number of quaternary nitrogens is 1. The van der Waals surface area contributed by atoms with E-state index in [-0.39, 0.29) is 11.9 Å². The molecule has 0 radical (unpaired) electrons. The smallest absolute Gasteiger partial charge is 0.235 e. The summed E-state index contributed by atoms with van der Waals surface area (Å²) < 4.78 is 2.66. The van der Waals surface area contributed by atoms with Crippen LogP contribution in [0.15, 0.2) is 28.7 Å². The van der Waals surface area contributed by atoms with Gasteiger partial charge in [0.1, 0.15) is 4.88 Å². The lowest BCUT2D eigenvalue weighted by Gasteiger charge is -2.24. The van der Waals surface area contributed by atoms with Crippen molar-refractivity contribution < 1.29 is 10.0 Å².